The molecule has 9 nitrogen and oxygen atoms in total. The number of amides is 2. The molecule has 0 aliphatic heterocycles. The van der Waals surface area contributed by atoms with Crippen LogP contribution in [0, 0.1) is 5.92 Å². The summed E-state index contributed by atoms with van der Waals surface area (Å²) in [6.45, 7) is 1.12. The average molecular weight is 400 g/mol. The zero-order valence-electron chi connectivity index (χ0n) is 16.2. The fraction of sp³-hybridized carbons (Fsp3) is 0.450. The van der Waals surface area contributed by atoms with E-state index in [9.17, 15) is 19.2 Å². The number of carbonyl (C=O) groups is 3. The van der Waals surface area contributed by atoms with Gasteiger partial charge < -0.3 is 15.8 Å². The SMILES string of the molecule is C[C@H]1CCCC[C@H]1NC(=O)COC(=O)Cn1nc(C(N)=O)c2ccccc2c1=O. The molecule has 1 aliphatic rings. The van der Waals surface area contributed by atoms with E-state index < -0.39 is 30.6 Å². The predicted octanol–water partition coefficient (Wildman–Crippen LogP) is 0.734. The first kappa shape index (κ1) is 20.5. The number of aromatic nitrogens is 2. The van der Waals surface area contributed by atoms with Crippen molar-refractivity contribution >= 4 is 28.6 Å². The number of ether oxygens (including phenoxy) is 1. The first-order valence-electron chi connectivity index (χ1n) is 9.61. The van der Waals surface area contributed by atoms with Crippen molar-refractivity contribution < 1.29 is 19.1 Å². The Bertz CT molecular complexity index is 1000. The molecule has 0 bridgehead atoms. The molecule has 9 heteroatoms. The van der Waals surface area contributed by atoms with Crippen molar-refractivity contribution in [1.29, 1.82) is 0 Å². The van der Waals surface area contributed by atoms with Gasteiger partial charge >= 0.3 is 5.97 Å². The van der Waals surface area contributed by atoms with Crippen LogP contribution < -0.4 is 16.6 Å². The minimum Gasteiger partial charge on any atom is -0.454 e. The summed E-state index contributed by atoms with van der Waals surface area (Å²) in [4.78, 5) is 48.4. The molecule has 1 heterocycles. The van der Waals surface area contributed by atoms with Gasteiger partial charge in [-0.3, -0.25) is 19.2 Å². The number of hydrogen-bond acceptors (Lipinski definition) is 6. The number of nitrogens with zero attached hydrogens (tertiary/aromatic N) is 2. The van der Waals surface area contributed by atoms with Crippen LogP contribution in [0.4, 0.5) is 0 Å². The fourth-order valence-corrected chi connectivity index (χ4v) is 3.62. The number of esters is 1. The van der Waals surface area contributed by atoms with Crippen LogP contribution in [0.3, 0.4) is 0 Å². The third-order valence-electron chi connectivity index (χ3n) is 5.20. The number of carbonyl (C=O) groups excluding carboxylic acids is 3. The molecule has 1 aliphatic carbocycles. The lowest BCUT2D eigenvalue weighted by molar-refractivity contribution is -0.149. The summed E-state index contributed by atoms with van der Waals surface area (Å²) in [6, 6.07) is 6.45. The average Bonchev–Trinajstić information content (AvgIpc) is 2.70. The summed E-state index contributed by atoms with van der Waals surface area (Å²) in [5.74, 6) is -1.62. The van der Waals surface area contributed by atoms with Crippen LogP contribution in [-0.2, 0) is 20.9 Å². The summed E-state index contributed by atoms with van der Waals surface area (Å²) in [7, 11) is 0. The molecule has 2 aromatic rings. The van der Waals surface area contributed by atoms with Crippen LogP contribution in [0.1, 0.15) is 43.1 Å². The topological polar surface area (TPSA) is 133 Å². The summed E-state index contributed by atoms with van der Waals surface area (Å²) >= 11 is 0. The molecule has 1 fully saturated rings. The highest BCUT2D eigenvalue weighted by Gasteiger charge is 2.23. The van der Waals surface area contributed by atoms with Crippen LogP contribution in [-0.4, -0.2) is 40.2 Å². The molecule has 0 radical (unpaired) electrons. The van der Waals surface area contributed by atoms with E-state index >= 15 is 0 Å². The zero-order valence-corrected chi connectivity index (χ0v) is 16.2. The molecule has 154 valence electrons. The van der Waals surface area contributed by atoms with Gasteiger partial charge in [0.15, 0.2) is 12.3 Å². The van der Waals surface area contributed by atoms with Gasteiger partial charge in [-0.2, -0.15) is 5.10 Å². The zero-order chi connectivity index (χ0) is 21.0. The van der Waals surface area contributed by atoms with Crippen molar-refractivity contribution in [3.8, 4) is 0 Å². The molecule has 3 rings (SSSR count). The molecule has 1 aromatic heterocycles. The maximum absolute atomic E-state index is 12.5. The van der Waals surface area contributed by atoms with Crippen molar-refractivity contribution in [3.05, 3.63) is 40.3 Å². The van der Waals surface area contributed by atoms with Crippen molar-refractivity contribution in [3.63, 3.8) is 0 Å². The second kappa shape index (κ2) is 8.85. The van der Waals surface area contributed by atoms with E-state index in [1.807, 2.05) is 0 Å². The molecule has 2 amide bonds. The van der Waals surface area contributed by atoms with Crippen LogP contribution >= 0.6 is 0 Å². The normalized spacial score (nSPS) is 18.9. The molecule has 0 spiro atoms. The Morgan fingerprint density at radius 2 is 1.90 bits per heavy atom. The largest absolute Gasteiger partial charge is 0.454 e. The number of nitrogens with two attached hydrogens (primary N) is 1. The predicted molar refractivity (Wildman–Crippen MR) is 105 cm³/mol. The van der Waals surface area contributed by atoms with E-state index in [-0.39, 0.29) is 23.0 Å². The molecular weight excluding hydrogens is 376 g/mol. The maximum Gasteiger partial charge on any atom is 0.328 e. The van der Waals surface area contributed by atoms with Crippen LogP contribution in [0.5, 0.6) is 0 Å². The maximum atomic E-state index is 12.5. The first-order valence-corrected chi connectivity index (χ1v) is 9.61. The Labute approximate surface area is 167 Å². The van der Waals surface area contributed by atoms with E-state index in [1.54, 1.807) is 18.2 Å². The lowest BCUT2D eigenvalue weighted by atomic mass is 9.86. The third kappa shape index (κ3) is 4.79. The number of benzene rings is 1. The minimum absolute atomic E-state index is 0.0813. The van der Waals surface area contributed by atoms with Crippen molar-refractivity contribution in [1.82, 2.24) is 15.1 Å². The van der Waals surface area contributed by atoms with Gasteiger partial charge in [-0.15, -0.1) is 0 Å². The second-order valence-electron chi connectivity index (χ2n) is 7.32. The summed E-state index contributed by atoms with van der Waals surface area (Å²) in [5, 5.41) is 7.32. The van der Waals surface area contributed by atoms with Crippen LogP contribution in [0.2, 0.25) is 0 Å². The molecule has 0 saturated heterocycles. The Hall–Kier alpha value is -3.23. The molecule has 1 saturated carbocycles. The van der Waals surface area contributed by atoms with Gasteiger partial charge in [-0.05, 0) is 24.8 Å². The van der Waals surface area contributed by atoms with Gasteiger partial charge in [0.25, 0.3) is 17.4 Å². The number of rotatable bonds is 6. The monoisotopic (exact) mass is 400 g/mol. The highest BCUT2D eigenvalue weighted by Crippen LogP contribution is 2.23. The van der Waals surface area contributed by atoms with E-state index in [4.69, 9.17) is 10.5 Å². The first-order chi connectivity index (χ1) is 13.9. The highest BCUT2D eigenvalue weighted by molar-refractivity contribution is 6.04. The smallest absolute Gasteiger partial charge is 0.328 e. The lowest BCUT2D eigenvalue weighted by Gasteiger charge is -2.29. The van der Waals surface area contributed by atoms with Gasteiger partial charge in [-0.1, -0.05) is 38.0 Å². The number of nitrogens with one attached hydrogen (secondary N) is 1. The number of fused-ring (bicyclic) bond motifs is 1. The summed E-state index contributed by atoms with van der Waals surface area (Å²) in [5.41, 5.74) is 4.68. The quantitative estimate of drug-likeness (QED) is 0.687. The third-order valence-corrected chi connectivity index (χ3v) is 5.20. The van der Waals surface area contributed by atoms with E-state index in [1.165, 1.54) is 6.07 Å². The Balaban J connectivity index is 1.65. The summed E-state index contributed by atoms with van der Waals surface area (Å²) in [6.07, 6.45) is 4.19. The van der Waals surface area contributed by atoms with Gasteiger partial charge in [0, 0.05) is 11.4 Å². The summed E-state index contributed by atoms with van der Waals surface area (Å²) < 4.78 is 5.81. The van der Waals surface area contributed by atoms with E-state index in [0.29, 0.717) is 11.3 Å². The lowest BCUT2D eigenvalue weighted by Crippen LogP contribution is -2.43. The molecule has 2 atom stereocenters. The molecule has 29 heavy (non-hydrogen) atoms. The molecule has 0 unspecified atom stereocenters. The minimum atomic E-state index is -0.815. The van der Waals surface area contributed by atoms with Gasteiger partial charge in [0.2, 0.25) is 0 Å². The van der Waals surface area contributed by atoms with Crippen molar-refractivity contribution in [2.24, 2.45) is 11.7 Å². The van der Waals surface area contributed by atoms with Crippen molar-refractivity contribution in [2.45, 2.75) is 45.2 Å². The van der Waals surface area contributed by atoms with Gasteiger partial charge in [0.1, 0.15) is 6.54 Å². The second-order valence-corrected chi connectivity index (χ2v) is 7.32. The highest BCUT2D eigenvalue weighted by atomic mass is 16.5. The van der Waals surface area contributed by atoms with E-state index in [0.717, 1.165) is 30.4 Å². The number of hydrogen-bond donors (Lipinski definition) is 2. The molecular formula is C20H24N4O5. The number of primary amides is 1. The molecule has 1 aromatic carbocycles. The molecule has 3 N–H and O–H groups in total. The van der Waals surface area contributed by atoms with Gasteiger partial charge in [0.05, 0.1) is 5.39 Å². The Morgan fingerprint density at radius 3 is 2.59 bits per heavy atom. The van der Waals surface area contributed by atoms with Crippen LogP contribution in [0.25, 0.3) is 10.8 Å². The standard InChI is InChI=1S/C20H24N4O5/c1-12-6-2-5-9-15(12)22-16(25)11-29-17(26)10-24-20(28)14-8-4-3-7-13(14)18(23-24)19(21)27/h3-4,7-8,12,15H,2,5-6,9-11H2,1H3,(H2,21,27)(H,22,25)/t12-,15+/m0/s1. The van der Waals surface area contributed by atoms with Crippen LogP contribution in [0.15, 0.2) is 29.1 Å². The fourth-order valence-electron chi connectivity index (χ4n) is 3.62. The van der Waals surface area contributed by atoms with Gasteiger partial charge in [-0.25, -0.2) is 4.68 Å². The Morgan fingerprint density at radius 1 is 1.21 bits per heavy atom. The van der Waals surface area contributed by atoms with E-state index in [2.05, 4.69) is 17.3 Å². The van der Waals surface area contributed by atoms with Crippen molar-refractivity contribution in [2.75, 3.05) is 6.61 Å². The Kier molecular flexibility index (Phi) is 6.26.